The van der Waals surface area contributed by atoms with Gasteiger partial charge in [-0.05, 0) is 69.8 Å². The zero-order valence-corrected chi connectivity index (χ0v) is 38.0. The van der Waals surface area contributed by atoms with Crippen molar-refractivity contribution in [2.45, 2.75) is 39.3 Å². The van der Waals surface area contributed by atoms with Crippen LogP contribution in [0.5, 0.6) is 34.5 Å². The van der Waals surface area contributed by atoms with E-state index in [0.29, 0.717) is 33.4 Å². The number of amides is 6. The number of hydrogen-bond acceptors (Lipinski definition) is 12. The van der Waals surface area contributed by atoms with E-state index >= 15 is 0 Å². The first-order valence-corrected chi connectivity index (χ1v) is 18.1. The summed E-state index contributed by atoms with van der Waals surface area (Å²) < 4.78 is 0. The van der Waals surface area contributed by atoms with Crippen LogP contribution >= 0.6 is 0 Å². The van der Waals surface area contributed by atoms with Crippen LogP contribution in [0.25, 0.3) is 0 Å². The summed E-state index contributed by atoms with van der Waals surface area (Å²) in [7, 11) is 0. The molecule has 6 amide bonds. The molecule has 8 aliphatic rings. The summed E-state index contributed by atoms with van der Waals surface area (Å²) in [5, 5.41) is 93.6. The Hall–Kier alpha value is -7.52. The minimum Gasteiger partial charge on any atom is -0.872 e. The molecule has 0 saturated carbocycles. The van der Waals surface area contributed by atoms with Crippen LogP contribution in [0.4, 0.5) is 0 Å². The molecule has 5 aromatic rings. The fourth-order valence-electron chi connectivity index (χ4n) is 6.68. The van der Waals surface area contributed by atoms with Gasteiger partial charge in [-0.3, -0.25) is 28.8 Å². The first kappa shape index (κ1) is 50.8. The Morgan fingerprint density at radius 2 is 0.531 bits per heavy atom. The Morgan fingerprint density at radius 1 is 0.297 bits per heavy atom. The van der Waals surface area contributed by atoms with Gasteiger partial charge in [0.25, 0.3) is 35.4 Å². The van der Waals surface area contributed by atoms with Crippen molar-refractivity contribution in [1.29, 1.82) is 0 Å². The Balaban J connectivity index is 0.00000272. The van der Waals surface area contributed by atoms with E-state index in [-0.39, 0.29) is 83.9 Å². The molecule has 0 aromatic heterocycles. The summed E-state index contributed by atoms with van der Waals surface area (Å²) in [5.41, 5.74) is -1.29. The number of benzene rings is 5. The zero-order valence-electron chi connectivity index (χ0n) is 34.5. The minimum atomic E-state index is -1.25. The standard InChI is InChI=1S/C42H36N6O12.Bi.3H3N/c49-31-25-3-4-26(32(31)50)38(56)44-14-20-9-21-11-22(10-20)16-46-40(58)28-6-8-30(36(54)34(28)52)42(60)48-18-24-12-19(13-43-37(25)55)1-2-23(24)17-47-41(59)29-7-5-27(33(51)35(29)53)39(57)45-15-21;;;;/h1-12,49-54H,13-18H2,(H,43,55)(H,44,56)(H,45,57)(H,46,58)(H,47,59)(H,48,60);;3*1H3/q;+3;;;/p-3. The number of carbonyl (C=O) groups excluding carboxylic acids is 6. The van der Waals surface area contributed by atoms with Crippen molar-refractivity contribution in [3.63, 3.8) is 0 Å². The minimum absolute atomic E-state index is 0. The summed E-state index contributed by atoms with van der Waals surface area (Å²) in [6.45, 7) is -1.69. The van der Waals surface area contributed by atoms with Crippen molar-refractivity contribution in [2.75, 3.05) is 0 Å². The Bertz CT molecular complexity index is 2680. The second kappa shape index (κ2) is 21.0. The number of carbonyl (C=O) groups is 6. The first-order chi connectivity index (χ1) is 28.7. The number of hydrogen-bond donors (Lipinski definition) is 9. The van der Waals surface area contributed by atoms with Crippen LogP contribution in [0, 0.1) is 0 Å². The van der Waals surface area contributed by atoms with Crippen molar-refractivity contribution in [3.8, 4) is 34.5 Å². The maximum atomic E-state index is 13.3. The van der Waals surface area contributed by atoms with Gasteiger partial charge in [0.1, 0.15) is 0 Å². The fourth-order valence-corrected chi connectivity index (χ4v) is 6.68. The molecule has 11 bridgehead atoms. The van der Waals surface area contributed by atoms with Crippen LogP contribution < -0.4 is 81.0 Å². The van der Waals surface area contributed by atoms with E-state index in [1.54, 1.807) is 0 Å². The molecule has 8 heterocycles. The summed E-state index contributed by atoms with van der Waals surface area (Å²) in [6, 6.07) is 15.2. The quantitative estimate of drug-likeness (QED) is 0.0851. The van der Waals surface area contributed by atoms with E-state index in [4.69, 9.17) is 0 Å². The van der Waals surface area contributed by atoms with E-state index in [2.05, 4.69) is 31.9 Å². The average molecular weight is 1070 g/mol. The van der Waals surface area contributed by atoms with Crippen LogP contribution in [0.3, 0.4) is 0 Å². The van der Waals surface area contributed by atoms with Gasteiger partial charge in [-0.25, -0.2) is 0 Å². The predicted octanol–water partition coefficient (Wildman–Crippen LogP) is -0.917. The van der Waals surface area contributed by atoms with Gasteiger partial charge in [-0.15, -0.1) is 34.5 Å². The van der Waals surface area contributed by atoms with E-state index in [1.807, 2.05) is 0 Å². The first-order valence-electron chi connectivity index (χ1n) is 18.1. The van der Waals surface area contributed by atoms with E-state index < -0.39 is 103 Å². The Morgan fingerprint density at radius 3 is 0.812 bits per heavy atom. The van der Waals surface area contributed by atoms with E-state index in [1.165, 1.54) is 36.4 Å². The normalized spacial score (nSPS) is 14.1. The molecule has 0 atom stereocenters. The van der Waals surface area contributed by atoms with Gasteiger partial charge in [-0.2, -0.15) is 0 Å². The molecular weight excluding hydrogens is 1030 g/mol. The summed E-state index contributed by atoms with van der Waals surface area (Å²) in [4.78, 5) is 79.3. The van der Waals surface area contributed by atoms with Gasteiger partial charge in [0, 0.05) is 72.6 Å². The molecule has 332 valence electrons. The Kier molecular flexibility index (Phi) is 16.7. The summed E-state index contributed by atoms with van der Waals surface area (Å²) in [6.07, 6.45) is 0. The largest absolute Gasteiger partial charge is 3.00 e. The van der Waals surface area contributed by atoms with Crippen molar-refractivity contribution in [3.05, 3.63) is 140 Å². The molecule has 0 spiro atoms. The van der Waals surface area contributed by atoms with E-state index in [9.17, 15) is 59.4 Å². The Labute approximate surface area is 383 Å². The molecule has 8 aliphatic heterocycles. The number of rotatable bonds is 0. The average Bonchev–Trinajstić information content (AvgIpc) is 3.23. The molecule has 0 aliphatic carbocycles. The smallest absolute Gasteiger partial charge is 0.872 e. The maximum Gasteiger partial charge on any atom is 3.00 e. The zero-order chi connectivity index (χ0) is 42.8. The molecule has 64 heavy (non-hydrogen) atoms. The van der Waals surface area contributed by atoms with Crippen LogP contribution in [0.15, 0.2) is 72.8 Å². The van der Waals surface area contributed by atoms with Gasteiger partial charge in [0.2, 0.25) is 0 Å². The van der Waals surface area contributed by atoms with Crippen LogP contribution in [-0.2, 0) is 39.3 Å². The molecule has 2 radical (unpaired) electrons. The van der Waals surface area contributed by atoms with Crippen molar-refractivity contribution in [1.82, 2.24) is 50.4 Å². The van der Waals surface area contributed by atoms with Gasteiger partial charge in [0.15, 0.2) is 0 Å². The summed E-state index contributed by atoms with van der Waals surface area (Å²) >= 11 is 0. The van der Waals surface area contributed by atoms with Crippen LogP contribution in [0.2, 0.25) is 0 Å². The number of quaternary nitrogens is 3. The molecule has 5 aromatic carbocycles. The topological polar surface area (TPSA) is 422 Å². The summed E-state index contributed by atoms with van der Waals surface area (Å²) in [5.74, 6) is -13.2. The van der Waals surface area contributed by atoms with Crippen molar-refractivity contribution in [2.24, 2.45) is 0 Å². The third kappa shape index (κ3) is 10.4. The number of nitrogens with one attached hydrogen (secondary N) is 6. The van der Waals surface area contributed by atoms with Gasteiger partial charge in [-0.1, -0.05) is 36.4 Å². The molecule has 22 heteroatoms. The second-order valence-electron chi connectivity index (χ2n) is 13.8. The van der Waals surface area contributed by atoms with Crippen molar-refractivity contribution >= 4 is 61.6 Å². The SMILES string of the molecule is O=C1NCc2cc3cc(c2)CNC(=O)c2ccc(c([O-])c2[O-])C(=O)NCc2cc(ccc2CNC(=O)c2ccc(c([O-])c2[O-])C(=O)NC3)CNC(=O)c2ccc1c([O-])c2[O-].[Bi+3].[NH4+].[NH4+].[NH4+]. The van der Waals surface area contributed by atoms with Crippen LogP contribution in [-0.4, -0.2) is 61.6 Å². The maximum absolute atomic E-state index is 13.3. The molecule has 18 N–H and O–H groups in total. The third-order valence-corrected chi connectivity index (χ3v) is 9.88. The van der Waals surface area contributed by atoms with Gasteiger partial charge < -0.3 is 81.0 Å². The predicted molar refractivity (Wildman–Crippen MR) is 220 cm³/mol. The molecule has 0 saturated heterocycles. The molecule has 21 nitrogen and oxygen atoms in total. The van der Waals surface area contributed by atoms with Crippen molar-refractivity contribution < 1.29 is 59.4 Å². The van der Waals surface area contributed by atoms with Gasteiger partial charge in [0.05, 0.1) is 0 Å². The molecule has 13 rings (SSSR count). The van der Waals surface area contributed by atoms with E-state index in [0.717, 1.165) is 36.4 Å². The molecule has 0 fully saturated rings. The second-order valence-corrected chi connectivity index (χ2v) is 13.8. The molecule has 0 unspecified atom stereocenters. The van der Waals surface area contributed by atoms with Crippen LogP contribution in [0.1, 0.15) is 95.5 Å². The fraction of sp³-hybridized carbons (Fsp3) is 0.143. The third-order valence-electron chi connectivity index (χ3n) is 9.88. The van der Waals surface area contributed by atoms with Gasteiger partial charge >= 0.3 is 26.2 Å². The molecular formula is C42H42BiN9O12. The monoisotopic (exact) mass is 1070 g/mol.